The van der Waals surface area contributed by atoms with Crippen LogP contribution in [-0.4, -0.2) is 19.3 Å². The third-order valence-corrected chi connectivity index (χ3v) is 3.49. The number of halogens is 1. The molecule has 1 aromatic rings. The molecule has 0 bridgehead atoms. The van der Waals surface area contributed by atoms with Crippen molar-refractivity contribution in [3.05, 3.63) is 35.1 Å². The second kappa shape index (κ2) is 5.61. The lowest BCUT2D eigenvalue weighted by Gasteiger charge is -2.14. The molecule has 1 aliphatic heterocycles. The van der Waals surface area contributed by atoms with Gasteiger partial charge in [0.15, 0.2) is 0 Å². The van der Waals surface area contributed by atoms with Gasteiger partial charge in [-0.25, -0.2) is 4.39 Å². The van der Waals surface area contributed by atoms with Crippen LogP contribution in [0, 0.1) is 18.7 Å². The first-order valence-corrected chi connectivity index (χ1v) is 6.24. The van der Waals surface area contributed by atoms with Crippen molar-refractivity contribution in [1.29, 1.82) is 0 Å². The zero-order valence-electron chi connectivity index (χ0n) is 10.5. The van der Waals surface area contributed by atoms with E-state index in [9.17, 15) is 4.39 Å². The van der Waals surface area contributed by atoms with Crippen LogP contribution in [0.25, 0.3) is 0 Å². The summed E-state index contributed by atoms with van der Waals surface area (Å²) in [6, 6.07) is 5.27. The van der Waals surface area contributed by atoms with Gasteiger partial charge < -0.3 is 10.1 Å². The molecule has 1 saturated heterocycles. The summed E-state index contributed by atoms with van der Waals surface area (Å²) in [5, 5.41) is 3.42. The highest BCUT2D eigenvalue weighted by Gasteiger charge is 2.23. The van der Waals surface area contributed by atoms with E-state index >= 15 is 0 Å². The van der Waals surface area contributed by atoms with Gasteiger partial charge in [-0.15, -0.1) is 0 Å². The van der Waals surface area contributed by atoms with Crippen molar-refractivity contribution in [2.24, 2.45) is 5.92 Å². The van der Waals surface area contributed by atoms with E-state index in [-0.39, 0.29) is 5.82 Å². The minimum atomic E-state index is -0.133. The summed E-state index contributed by atoms with van der Waals surface area (Å²) < 4.78 is 18.6. The normalized spacial score (nSPS) is 24.2. The number of nitrogens with one attached hydrogen (secondary N) is 1. The predicted molar refractivity (Wildman–Crippen MR) is 66.4 cm³/mol. The van der Waals surface area contributed by atoms with Crippen LogP contribution in [0.15, 0.2) is 18.2 Å². The second-order valence-corrected chi connectivity index (χ2v) is 4.84. The Morgan fingerprint density at radius 2 is 2.29 bits per heavy atom. The fourth-order valence-corrected chi connectivity index (χ4v) is 2.26. The average molecular weight is 237 g/mol. The Morgan fingerprint density at radius 3 is 2.94 bits per heavy atom. The highest BCUT2D eigenvalue weighted by Crippen LogP contribution is 2.19. The molecule has 1 fully saturated rings. The standard InChI is InChI=1S/C14H20FNO/c1-10-7-12(3-4-14(10)15)8-16-9-13-5-6-17-11(13)2/h3-4,7,11,13,16H,5-6,8-9H2,1-2H3. The highest BCUT2D eigenvalue weighted by atomic mass is 19.1. The quantitative estimate of drug-likeness (QED) is 0.869. The van der Waals surface area contributed by atoms with E-state index in [2.05, 4.69) is 12.2 Å². The molecule has 1 heterocycles. The molecule has 2 unspecified atom stereocenters. The fraction of sp³-hybridized carbons (Fsp3) is 0.571. The van der Waals surface area contributed by atoms with Gasteiger partial charge in [0.1, 0.15) is 5.82 Å². The second-order valence-electron chi connectivity index (χ2n) is 4.84. The molecule has 17 heavy (non-hydrogen) atoms. The molecule has 0 radical (unpaired) electrons. The number of ether oxygens (including phenoxy) is 1. The van der Waals surface area contributed by atoms with Crippen molar-refractivity contribution in [1.82, 2.24) is 5.32 Å². The minimum absolute atomic E-state index is 0.133. The Labute approximate surface area is 102 Å². The van der Waals surface area contributed by atoms with E-state index in [0.717, 1.165) is 31.7 Å². The molecule has 1 aromatic carbocycles. The first-order chi connectivity index (χ1) is 8.16. The van der Waals surface area contributed by atoms with Crippen LogP contribution in [-0.2, 0) is 11.3 Å². The van der Waals surface area contributed by atoms with Gasteiger partial charge in [0.2, 0.25) is 0 Å². The van der Waals surface area contributed by atoms with Crippen LogP contribution < -0.4 is 5.32 Å². The largest absolute Gasteiger partial charge is 0.378 e. The molecular formula is C14H20FNO. The number of hydrogen-bond donors (Lipinski definition) is 1. The molecule has 0 spiro atoms. The monoisotopic (exact) mass is 237 g/mol. The lowest BCUT2D eigenvalue weighted by atomic mass is 10.0. The molecule has 2 rings (SSSR count). The van der Waals surface area contributed by atoms with Crippen LogP contribution >= 0.6 is 0 Å². The first kappa shape index (κ1) is 12.5. The van der Waals surface area contributed by atoms with E-state index in [1.807, 2.05) is 12.1 Å². The maximum absolute atomic E-state index is 13.1. The lowest BCUT2D eigenvalue weighted by Crippen LogP contribution is -2.26. The van der Waals surface area contributed by atoms with Crippen LogP contribution in [0.2, 0.25) is 0 Å². The summed E-state index contributed by atoms with van der Waals surface area (Å²) >= 11 is 0. The Bertz CT molecular complexity index is 380. The predicted octanol–water partition coefficient (Wildman–Crippen LogP) is 2.65. The third-order valence-electron chi connectivity index (χ3n) is 3.49. The van der Waals surface area contributed by atoms with Crippen LogP contribution in [0.4, 0.5) is 4.39 Å². The van der Waals surface area contributed by atoms with Crippen molar-refractivity contribution in [2.75, 3.05) is 13.2 Å². The Hall–Kier alpha value is -0.930. The minimum Gasteiger partial charge on any atom is -0.378 e. The summed E-state index contributed by atoms with van der Waals surface area (Å²) in [6.45, 7) is 6.57. The summed E-state index contributed by atoms with van der Waals surface area (Å²) in [5.41, 5.74) is 1.84. The molecule has 1 N–H and O–H groups in total. The number of aryl methyl sites for hydroxylation is 1. The molecule has 3 heteroatoms. The summed E-state index contributed by atoms with van der Waals surface area (Å²) in [6.07, 6.45) is 1.49. The van der Waals surface area contributed by atoms with Crippen LogP contribution in [0.1, 0.15) is 24.5 Å². The first-order valence-electron chi connectivity index (χ1n) is 6.24. The van der Waals surface area contributed by atoms with Crippen molar-refractivity contribution in [3.63, 3.8) is 0 Å². The molecule has 0 saturated carbocycles. The Balaban J connectivity index is 1.79. The zero-order chi connectivity index (χ0) is 12.3. The van der Waals surface area contributed by atoms with E-state index in [4.69, 9.17) is 4.74 Å². The molecule has 94 valence electrons. The van der Waals surface area contributed by atoms with E-state index in [1.54, 1.807) is 6.92 Å². The molecule has 1 aliphatic rings. The van der Waals surface area contributed by atoms with Gasteiger partial charge in [-0.3, -0.25) is 0 Å². The number of benzene rings is 1. The number of hydrogen-bond acceptors (Lipinski definition) is 2. The molecule has 0 aliphatic carbocycles. The molecule has 2 atom stereocenters. The van der Waals surface area contributed by atoms with Crippen LogP contribution in [0.3, 0.4) is 0 Å². The smallest absolute Gasteiger partial charge is 0.126 e. The SMILES string of the molecule is Cc1cc(CNCC2CCOC2C)ccc1F. The van der Waals surface area contributed by atoms with E-state index < -0.39 is 0 Å². The lowest BCUT2D eigenvalue weighted by molar-refractivity contribution is 0.105. The van der Waals surface area contributed by atoms with Crippen molar-refractivity contribution in [3.8, 4) is 0 Å². The molecule has 0 amide bonds. The summed E-state index contributed by atoms with van der Waals surface area (Å²) in [5.74, 6) is 0.475. The maximum Gasteiger partial charge on any atom is 0.126 e. The van der Waals surface area contributed by atoms with E-state index in [0.29, 0.717) is 17.6 Å². The van der Waals surface area contributed by atoms with Gasteiger partial charge in [-0.2, -0.15) is 0 Å². The summed E-state index contributed by atoms with van der Waals surface area (Å²) in [4.78, 5) is 0. The fourth-order valence-electron chi connectivity index (χ4n) is 2.26. The van der Waals surface area contributed by atoms with Crippen molar-refractivity contribution < 1.29 is 9.13 Å². The van der Waals surface area contributed by atoms with E-state index in [1.165, 1.54) is 6.07 Å². The molecular weight excluding hydrogens is 217 g/mol. The maximum atomic E-state index is 13.1. The Morgan fingerprint density at radius 1 is 1.47 bits per heavy atom. The third kappa shape index (κ3) is 3.27. The molecule has 2 nitrogen and oxygen atoms in total. The van der Waals surface area contributed by atoms with Gasteiger partial charge >= 0.3 is 0 Å². The topological polar surface area (TPSA) is 21.3 Å². The van der Waals surface area contributed by atoms with Gasteiger partial charge in [-0.05, 0) is 43.4 Å². The van der Waals surface area contributed by atoms with Gasteiger partial charge in [0.05, 0.1) is 6.10 Å². The zero-order valence-corrected chi connectivity index (χ0v) is 10.5. The van der Waals surface area contributed by atoms with Crippen molar-refractivity contribution >= 4 is 0 Å². The van der Waals surface area contributed by atoms with Crippen molar-refractivity contribution in [2.45, 2.75) is 32.9 Å². The highest BCUT2D eigenvalue weighted by molar-refractivity contribution is 5.23. The van der Waals surface area contributed by atoms with Crippen LogP contribution in [0.5, 0.6) is 0 Å². The van der Waals surface area contributed by atoms with Gasteiger partial charge in [0.25, 0.3) is 0 Å². The van der Waals surface area contributed by atoms with Gasteiger partial charge in [0, 0.05) is 19.7 Å². The van der Waals surface area contributed by atoms with Gasteiger partial charge in [-0.1, -0.05) is 12.1 Å². The number of rotatable bonds is 4. The molecule has 0 aromatic heterocycles. The summed E-state index contributed by atoms with van der Waals surface area (Å²) in [7, 11) is 0. The average Bonchev–Trinajstić information content (AvgIpc) is 2.70. The Kier molecular flexibility index (Phi) is 4.13.